The molecule has 0 saturated carbocycles. The van der Waals surface area contributed by atoms with Gasteiger partial charge in [-0.15, -0.1) is 0 Å². The molecule has 3 rings (SSSR count). The zero-order chi connectivity index (χ0) is 18.8. The quantitative estimate of drug-likeness (QED) is 0.882. The van der Waals surface area contributed by atoms with Crippen LogP contribution < -0.4 is 15.8 Å². The van der Waals surface area contributed by atoms with E-state index in [1.165, 1.54) is 0 Å². The van der Waals surface area contributed by atoms with E-state index >= 15 is 0 Å². The van der Waals surface area contributed by atoms with Crippen LogP contribution in [0.15, 0.2) is 35.1 Å². The molecule has 1 fully saturated rings. The predicted molar refractivity (Wildman–Crippen MR) is 100 cm³/mol. The van der Waals surface area contributed by atoms with Crippen molar-refractivity contribution in [3.05, 3.63) is 63.1 Å². The molecule has 2 N–H and O–H groups in total. The summed E-state index contributed by atoms with van der Waals surface area (Å²) in [6.07, 6.45) is 0.183. The average Bonchev–Trinajstić information content (AvgIpc) is 2.96. The van der Waals surface area contributed by atoms with Gasteiger partial charge in [-0.05, 0) is 44.5 Å². The number of nitrogens with zero attached hydrogens (tertiary/aromatic N) is 1. The van der Waals surface area contributed by atoms with E-state index in [1.807, 2.05) is 51.1 Å². The maximum absolute atomic E-state index is 12.5. The normalized spacial score (nSPS) is 16.8. The summed E-state index contributed by atoms with van der Waals surface area (Å²) in [6, 6.07) is 9.55. The molecule has 0 bridgehead atoms. The SMILES string of the molecule is Cc1ccc(N2CC(C(=O)NCc3c(C)cc(C)[nH]c3=O)CC2=O)cc1. The van der Waals surface area contributed by atoms with Gasteiger partial charge < -0.3 is 15.2 Å². The molecule has 1 aliphatic heterocycles. The first-order valence-electron chi connectivity index (χ1n) is 8.69. The summed E-state index contributed by atoms with van der Waals surface area (Å²) in [7, 11) is 0. The second kappa shape index (κ2) is 7.15. The number of rotatable bonds is 4. The first-order valence-corrected chi connectivity index (χ1v) is 8.69. The lowest BCUT2D eigenvalue weighted by Gasteiger charge is -2.17. The van der Waals surface area contributed by atoms with Gasteiger partial charge >= 0.3 is 0 Å². The molecule has 1 aromatic heterocycles. The van der Waals surface area contributed by atoms with Gasteiger partial charge in [-0.3, -0.25) is 14.4 Å². The molecular weight excluding hydrogens is 330 g/mol. The van der Waals surface area contributed by atoms with E-state index in [0.29, 0.717) is 12.1 Å². The molecular formula is C20H23N3O3. The zero-order valence-electron chi connectivity index (χ0n) is 15.3. The molecule has 6 heteroatoms. The lowest BCUT2D eigenvalue weighted by molar-refractivity contribution is -0.126. The van der Waals surface area contributed by atoms with Gasteiger partial charge in [0.05, 0.1) is 5.92 Å². The molecule has 1 aromatic carbocycles. The van der Waals surface area contributed by atoms with Crippen LogP contribution in [-0.4, -0.2) is 23.3 Å². The predicted octanol–water partition coefficient (Wildman–Crippen LogP) is 1.97. The van der Waals surface area contributed by atoms with Crippen molar-refractivity contribution in [1.82, 2.24) is 10.3 Å². The fraction of sp³-hybridized carbons (Fsp3) is 0.350. The highest BCUT2D eigenvalue weighted by Crippen LogP contribution is 2.25. The molecule has 2 aromatic rings. The van der Waals surface area contributed by atoms with Gasteiger partial charge in [-0.2, -0.15) is 0 Å². The lowest BCUT2D eigenvalue weighted by atomic mass is 10.1. The van der Waals surface area contributed by atoms with Crippen LogP contribution >= 0.6 is 0 Å². The van der Waals surface area contributed by atoms with Crippen molar-refractivity contribution >= 4 is 17.5 Å². The van der Waals surface area contributed by atoms with E-state index in [1.54, 1.807) is 4.90 Å². The Labute approximate surface area is 152 Å². The Morgan fingerprint density at radius 1 is 1.19 bits per heavy atom. The van der Waals surface area contributed by atoms with Crippen LogP contribution in [-0.2, 0) is 16.1 Å². The zero-order valence-corrected chi connectivity index (χ0v) is 15.3. The summed E-state index contributed by atoms with van der Waals surface area (Å²) in [5, 5.41) is 2.81. The van der Waals surface area contributed by atoms with Crippen LogP contribution in [0.3, 0.4) is 0 Å². The minimum Gasteiger partial charge on any atom is -0.351 e. The molecule has 136 valence electrons. The molecule has 2 heterocycles. The summed E-state index contributed by atoms with van der Waals surface area (Å²) in [6.45, 7) is 6.18. The minimum atomic E-state index is -0.409. The number of pyridine rings is 1. The molecule has 1 saturated heterocycles. The number of hydrogen-bond donors (Lipinski definition) is 2. The van der Waals surface area contributed by atoms with Gasteiger partial charge in [0.25, 0.3) is 5.56 Å². The summed E-state index contributed by atoms with van der Waals surface area (Å²) in [4.78, 5) is 41.2. The molecule has 0 spiro atoms. The van der Waals surface area contributed by atoms with Crippen LogP contribution in [0, 0.1) is 26.7 Å². The van der Waals surface area contributed by atoms with Crippen LogP contribution in [0.2, 0.25) is 0 Å². The average molecular weight is 353 g/mol. The lowest BCUT2D eigenvalue weighted by Crippen LogP contribution is -2.34. The van der Waals surface area contributed by atoms with Crippen LogP contribution in [0.1, 0.15) is 28.8 Å². The van der Waals surface area contributed by atoms with E-state index < -0.39 is 5.92 Å². The number of aromatic nitrogens is 1. The van der Waals surface area contributed by atoms with Gasteiger partial charge in [-0.1, -0.05) is 17.7 Å². The van der Waals surface area contributed by atoms with Crippen molar-refractivity contribution in [3.63, 3.8) is 0 Å². The first kappa shape index (κ1) is 17.9. The van der Waals surface area contributed by atoms with E-state index in [9.17, 15) is 14.4 Å². The Balaban J connectivity index is 1.65. The molecule has 2 amide bonds. The van der Waals surface area contributed by atoms with Gasteiger partial charge in [-0.25, -0.2) is 0 Å². The molecule has 0 radical (unpaired) electrons. The van der Waals surface area contributed by atoms with Crippen molar-refractivity contribution < 1.29 is 9.59 Å². The Morgan fingerprint density at radius 2 is 1.88 bits per heavy atom. The highest BCUT2D eigenvalue weighted by Gasteiger charge is 2.35. The third-order valence-electron chi connectivity index (χ3n) is 4.77. The van der Waals surface area contributed by atoms with Gasteiger partial charge in [0.2, 0.25) is 11.8 Å². The number of hydrogen-bond acceptors (Lipinski definition) is 3. The van der Waals surface area contributed by atoms with Crippen molar-refractivity contribution in [3.8, 4) is 0 Å². The summed E-state index contributed by atoms with van der Waals surface area (Å²) in [5.41, 5.74) is 3.92. The topological polar surface area (TPSA) is 82.3 Å². The number of aromatic amines is 1. The second-order valence-electron chi connectivity index (χ2n) is 6.90. The largest absolute Gasteiger partial charge is 0.351 e. The number of carbonyl (C=O) groups excluding carboxylic acids is 2. The van der Waals surface area contributed by atoms with Crippen LogP contribution in [0.4, 0.5) is 5.69 Å². The standard InChI is InChI=1S/C20H23N3O3/c1-12-4-6-16(7-5-12)23-11-15(9-18(23)24)19(25)21-10-17-13(2)8-14(3)22-20(17)26/h4-8,15H,9-11H2,1-3H3,(H,21,25)(H,22,26). The maximum atomic E-state index is 12.5. The molecule has 1 aliphatic rings. The Morgan fingerprint density at radius 3 is 2.54 bits per heavy atom. The smallest absolute Gasteiger partial charge is 0.253 e. The maximum Gasteiger partial charge on any atom is 0.253 e. The van der Waals surface area contributed by atoms with Crippen molar-refractivity contribution in [1.29, 1.82) is 0 Å². The van der Waals surface area contributed by atoms with E-state index in [4.69, 9.17) is 0 Å². The summed E-state index contributed by atoms with van der Waals surface area (Å²) >= 11 is 0. The fourth-order valence-electron chi connectivity index (χ4n) is 3.28. The number of H-pyrrole nitrogens is 1. The van der Waals surface area contributed by atoms with Crippen molar-refractivity contribution in [2.24, 2.45) is 5.92 Å². The summed E-state index contributed by atoms with van der Waals surface area (Å²) in [5.74, 6) is -0.667. The molecule has 6 nitrogen and oxygen atoms in total. The van der Waals surface area contributed by atoms with Crippen LogP contribution in [0.25, 0.3) is 0 Å². The highest BCUT2D eigenvalue weighted by atomic mass is 16.2. The Hall–Kier alpha value is -2.89. The number of anilines is 1. The number of nitrogens with one attached hydrogen (secondary N) is 2. The minimum absolute atomic E-state index is 0.0571. The number of benzene rings is 1. The fourth-order valence-corrected chi connectivity index (χ4v) is 3.28. The van der Waals surface area contributed by atoms with E-state index in [2.05, 4.69) is 10.3 Å². The third kappa shape index (κ3) is 3.69. The van der Waals surface area contributed by atoms with Gasteiger partial charge in [0, 0.05) is 36.5 Å². The second-order valence-corrected chi connectivity index (χ2v) is 6.90. The highest BCUT2D eigenvalue weighted by molar-refractivity contribution is 6.00. The number of amides is 2. The molecule has 0 aliphatic carbocycles. The molecule has 1 atom stereocenters. The number of carbonyl (C=O) groups is 2. The van der Waals surface area contributed by atoms with Gasteiger partial charge in [0.15, 0.2) is 0 Å². The van der Waals surface area contributed by atoms with Crippen molar-refractivity contribution in [2.75, 3.05) is 11.4 Å². The van der Waals surface area contributed by atoms with E-state index in [0.717, 1.165) is 22.5 Å². The summed E-state index contributed by atoms with van der Waals surface area (Å²) < 4.78 is 0. The van der Waals surface area contributed by atoms with Crippen LogP contribution in [0.5, 0.6) is 0 Å². The first-order chi connectivity index (χ1) is 12.3. The monoisotopic (exact) mass is 353 g/mol. The van der Waals surface area contributed by atoms with Gasteiger partial charge in [0.1, 0.15) is 0 Å². The van der Waals surface area contributed by atoms with Crippen molar-refractivity contribution in [2.45, 2.75) is 33.7 Å². The Kier molecular flexibility index (Phi) is 4.93. The van der Waals surface area contributed by atoms with E-state index in [-0.39, 0.29) is 30.3 Å². The Bertz CT molecular complexity index is 900. The number of aryl methyl sites for hydroxylation is 3. The third-order valence-corrected chi connectivity index (χ3v) is 4.77. The molecule has 26 heavy (non-hydrogen) atoms. The molecule has 1 unspecified atom stereocenters.